The van der Waals surface area contributed by atoms with Crippen molar-refractivity contribution in [1.29, 1.82) is 0 Å². The van der Waals surface area contributed by atoms with Gasteiger partial charge in [0, 0.05) is 12.1 Å². The molecule has 0 amide bonds. The van der Waals surface area contributed by atoms with Crippen LogP contribution in [0.15, 0.2) is 24.3 Å². The third-order valence-corrected chi connectivity index (χ3v) is 3.07. The van der Waals surface area contributed by atoms with Crippen molar-refractivity contribution in [3.05, 3.63) is 55.0 Å². The van der Waals surface area contributed by atoms with E-state index in [-0.39, 0.29) is 24.3 Å². The van der Waals surface area contributed by atoms with Gasteiger partial charge in [-0.3, -0.25) is 10.1 Å². The van der Waals surface area contributed by atoms with Crippen LogP contribution >= 0.6 is 0 Å². The van der Waals surface area contributed by atoms with Crippen LogP contribution in [0.2, 0.25) is 0 Å². The molecule has 0 bridgehead atoms. The molecule has 0 unspecified atom stereocenters. The van der Waals surface area contributed by atoms with Crippen molar-refractivity contribution in [1.82, 2.24) is 0 Å². The molecule has 0 aliphatic rings. The van der Waals surface area contributed by atoms with E-state index in [0.29, 0.717) is 12.8 Å². The van der Waals surface area contributed by atoms with Gasteiger partial charge in [0.25, 0.3) is 10.8 Å². The second-order valence-corrected chi connectivity index (χ2v) is 4.92. The second-order valence-electron chi connectivity index (χ2n) is 4.92. The van der Waals surface area contributed by atoms with Gasteiger partial charge in [0.2, 0.25) is 0 Å². The number of non-ortho nitro benzene ring substituents is 1. The summed E-state index contributed by atoms with van der Waals surface area (Å²) >= 11 is 0. The summed E-state index contributed by atoms with van der Waals surface area (Å²) in [5, 5.41) is 27.3. The van der Waals surface area contributed by atoms with Crippen LogP contribution in [0.25, 0.3) is 0 Å². The quantitative estimate of drug-likeness (QED) is 0.245. The Morgan fingerprint density at radius 1 is 1.12 bits per heavy atom. The number of unbranched alkanes of at least 4 members (excludes halogenated alkanes) is 1. The lowest BCUT2D eigenvalue weighted by molar-refractivity contribution is -0.977. The van der Waals surface area contributed by atoms with Crippen molar-refractivity contribution in [3.63, 3.8) is 0 Å². The van der Waals surface area contributed by atoms with E-state index >= 15 is 0 Å². The predicted molar refractivity (Wildman–Crippen MR) is 80.5 cm³/mol. The van der Waals surface area contributed by atoms with Gasteiger partial charge < -0.3 is 9.57 Å². The lowest BCUT2D eigenvalue weighted by atomic mass is 10.1. The topological polar surface area (TPSA) is 171 Å². The molecule has 0 spiro atoms. The van der Waals surface area contributed by atoms with E-state index in [1.807, 2.05) is 0 Å². The highest BCUT2D eigenvalue weighted by atomic mass is 17.0. The molecule has 142 valence electrons. The molecule has 0 saturated heterocycles. The molecule has 0 radical (unpaired) electrons. The van der Waals surface area contributed by atoms with Crippen molar-refractivity contribution >= 4 is 11.7 Å². The normalized spacial score (nSPS) is 11.2. The number of benzene rings is 1. The predicted octanol–water partition coefficient (Wildman–Crippen LogP) is 1.60. The minimum atomic E-state index is -1.07. The lowest BCUT2D eigenvalue weighted by Crippen LogP contribution is -2.25. The van der Waals surface area contributed by atoms with Gasteiger partial charge >= 0.3 is 11.1 Å². The summed E-state index contributed by atoms with van der Waals surface area (Å²) in [6.07, 6.45) is -0.265. The van der Waals surface area contributed by atoms with Gasteiger partial charge in [0.05, 0.1) is 17.1 Å². The number of hydrogen-bond donors (Lipinski definition) is 1. The molecule has 13 heteroatoms. The number of hydrogen-bond acceptors (Lipinski definition) is 9. The highest BCUT2D eigenvalue weighted by Crippen LogP contribution is 2.13. The van der Waals surface area contributed by atoms with Crippen molar-refractivity contribution < 1.29 is 39.5 Å². The summed E-state index contributed by atoms with van der Waals surface area (Å²) < 4.78 is 4.98. The van der Waals surface area contributed by atoms with Gasteiger partial charge in [-0.1, -0.05) is 0 Å². The zero-order valence-corrected chi connectivity index (χ0v) is 13.4. The fraction of sp³-hybridized carbons (Fsp3) is 0.462. The number of nitro groups is 1. The molecular formula is C13H16N3O10+. The molecule has 1 aromatic carbocycles. The SMILES string of the molecule is O=C(OCCCC[C@H](CO[N+](=O)O)O[N+](=O)[O-])c1ccc([N+](=O)[O-])cc1. The Balaban J connectivity index is 2.32. The molecule has 13 nitrogen and oxygen atoms in total. The van der Waals surface area contributed by atoms with Crippen molar-refractivity contribution in [2.24, 2.45) is 0 Å². The van der Waals surface area contributed by atoms with E-state index in [1.165, 1.54) is 24.3 Å². The van der Waals surface area contributed by atoms with Crippen molar-refractivity contribution in [2.45, 2.75) is 25.4 Å². The summed E-state index contributed by atoms with van der Waals surface area (Å²) in [5.74, 6) is -0.663. The van der Waals surface area contributed by atoms with Crippen LogP contribution in [0.4, 0.5) is 5.69 Å². The summed E-state index contributed by atoms with van der Waals surface area (Å²) in [6, 6.07) is 4.89. The average molecular weight is 374 g/mol. The van der Waals surface area contributed by atoms with E-state index in [2.05, 4.69) is 9.68 Å². The maximum Gasteiger partial charge on any atom is 0.475 e. The molecule has 1 atom stereocenters. The number of carbonyl (C=O) groups is 1. The summed E-state index contributed by atoms with van der Waals surface area (Å²) in [5.41, 5.74) is -0.00262. The van der Waals surface area contributed by atoms with Crippen LogP contribution in [-0.4, -0.2) is 45.6 Å². The maximum absolute atomic E-state index is 11.8. The van der Waals surface area contributed by atoms with E-state index < -0.39 is 33.8 Å². The average Bonchev–Trinajstić information content (AvgIpc) is 2.58. The van der Waals surface area contributed by atoms with Gasteiger partial charge in [-0.05, 0) is 31.4 Å². The minimum Gasteiger partial charge on any atom is -0.462 e. The van der Waals surface area contributed by atoms with Crippen LogP contribution in [0.5, 0.6) is 0 Å². The zero-order chi connectivity index (χ0) is 19.5. The Morgan fingerprint density at radius 2 is 1.77 bits per heavy atom. The molecule has 0 aliphatic carbocycles. The van der Waals surface area contributed by atoms with Crippen LogP contribution < -0.4 is 0 Å². The van der Waals surface area contributed by atoms with Gasteiger partial charge in [0.15, 0.2) is 6.61 Å². The lowest BCUT2D eigenvalue weighted by Gasteiger charge is -2.11. The van der Waals surface area contributed by atoms with Gasteiger partial charge in [-0.15, -0.1) is 10.1 Å². The first kappa shape index (κ1) is 20.5. The van der Waals surface area contributed by atoms with E-state index in [0.717, 1.165) is 0 Å². The summed E-state index contributed by atoms with van der Waals surface area (Å²) in [6.45, 7) is -0.515. The van der Waals surface area contributed by atoms with Gasteiger partial charge in [-0.2, -0.15) is 4.84 Å². The minimum absolute atomic E-state index is 0.00947. The van der Waals surface area contributed by atoms with Crippen molar-refractivity contribution in [3.8, 4) is 0 Å². The summed E-state index contributed by atoms with van der Waals surface area (Å²) in [7, 11) is 0. The molecule has 0 saturated carbocycles. The molecule has 26 heavy (non-hydrogen) atoms. The zero-order valence-electron chi connectivity index (χ0n) is 13.4. The van der Waals surface area contributed by atoms with Crippen LogP contribution in [-0.2, 0) is 14.4 Å². The van der Waals surface area contributed by atoms with Crippen LogP contribution in [0, 0.1) is 25.1 Å². The monoisotopic (exact) mass is 374 g/mol. The number of rotatable bonds is 12. The standard InChI is InChI=1S/C13H16N3O10/c17-13(10-4-6-11(7-5-10)14(18)19)24-8-2-1-3-12(26-16(22)23)9-25-15(20)21/h4-7,12H,1-3,8-9H2,(H,20,21)/q+1/t12-/m1/s1. The van der Waals surface area contributed by atoms with E-state index in [4.69, 9.17) is 9.94 Å². The Hall–Kier alpha value is -3.51. The maximum atomic E-state index is 11.8. The first-order chi connectivity index (χ1) is 12.3. The van der Waals surface area contributed by atoms with E-state index in [1.54, 1.807) is 0 Å². The number of carbonyl (C=O) groups excluding carboxylic acids is 1. The first-order valence-electron chi connectivity index (χ1n) is 7.31. The largest absolute Gasteiger partial charge is 0.475 e. The second kappa shape index (κ2) is 10.4. The van der Waals surface area contributed by atoms with Gasteiger partial charge in [0.1, 0.15) is 11.0 Å². The highest BCUT2D eigenvalue weighted by Gasteiger charge is 2.19. The van der Waals surface area contributed by atoms with Crippen LogP contribution in [0.3, 0.4) is 0 Å². The van der Waals surface area contributed by atoms with Gasteiger partial charge in [-0.25, -0.2) is 10.0 Å². The van der Waals surface area contributed by atoms with E-state index in [9.17, 15) is 29.9 Å². The van der Waals surface area contributed by atoms with Crippen molar-refractivity contribution in [2.75, 3.05) is 13.2 Å². The molecule has 0 heterocycles. The number of esters is 1. The summed E-state index contributed by atoms with van der Waals surface area (Å²) in [4.78, 5) is 50.7. The Morgan fingerprint density at radius 3 is 2.31 bits per heavy atom. The molecule has 0 aromatic heterocycles. The Kier molecular flexibility index (Phi) is 8.19. The fourth-order valence-electron chi connectivity index (χ4n) is 1.88. The Labute approximate surface area is 145 Å². The third kappa shape index (κ3) is 7.85. The fourth-order valence-corrected chi connectivity index (χ4v) is 1.88. The third-order valence-electron chi connectivity index (χ3n) is 3.07. The molecular weight excluding hydrogens is 358 g/mol. The molecule has 0 aliphatic heterocycles. The number of nitrogens with zero attached hydrogens (tertiary/aromatic N) is 3. The highest BCUT2D eigenvalue weighted by molar-refractivity contribution is 5.89. The molecule has 1 aromatic rings. The first-order valence-corrected chi connectivity index (χ1v) is 7.31. The molecule has 1 rings (SSSR count). The number of nitro benzene ring substituents is 1. The smallest absolute Gasteiger partial charge is 0.462 e. The number of ether oxygens (including phenoxy) is 1. The molecule has 1 N–H and O–H groups in total. The molecule has 0 fully saturated rings. The van der Waals surface area contributed by atoms with Crippen LogP contribution in [0.1, 0.15) is 29.6 Å². The Bertz CT molecular complexity index is 648.